The minimum Gasteiger partial charge on any atom is -0.462 e. The number of ether oxygens (including phenoxy) is 1. The summed E-state index contributed by atoms with van der Waals surface area (Å²) in [6.45, 7) is 6.49. The number of ketones is 1. The molecule has 2 aromatic heterocycles. The zero-order valence-electron chi connectivity index (χ0n) is 14.2. The Morgan fingerprint density at radius 3 is 2.62 bits per heavy atom. The number of aromatic nitrogens is 1. The lowest BCUT2D eigenvalue weighted by atomic mass is 10.1. The van der Waals surface area contributed by atoms with Crippen molar-refractivity contribution in [3.63, 3.8) is 0 Å². The molecular formula is C17H21ClN2O3S. The van der Waals surface area contributed by atoms with Gasteiger partial charge in [-0.2, -0.15) is 0 Å². The van der Waals surface area contributed by atoms with E-state index in [1.54, 1.807) is 20.8 Å². The average Bonchev–Trinajstić information content (AvgIpc) is 3.02. The number of hydrogen-bond donors (Lipinski definition) is 1. The second-order valence-corrected chi connectivity index (χ2v) is 7.45. The Balaban J connectivity index is 2.09. The minimum atomic E-state index is -0.399. The van der Waals surface area contributed by atoms with Crippen LogP contribution in [-0.2, 0) is 11.3 Å². The normalized spacial score (nSPS) is 11.1. The molecule has 2 aromatic rings. The minimum absolute atomic E-state index is 0.0590. The molecule has 0 aliphatic heterocycles. The standard InChI is InChI=1S/C17H21ClN2O3S/c1-5-23-17(22)15-10(2)16(19-11(15)3)13(21)9-20(4)8-12-6-7-14(18)24-12/h6-7,19H,5,8-9H2,1-4H3. The van der Waals surface area contributed by atoms with Gasteiger partial charge in [-0.3, -0.25) is 9.69 Å². The first kappa shape index (κ1) is 18.7. The van der Waals surface area contributed by atoms with Crippen molar-refractivity contribution in [3.05, 3.63) is 43.9 Å². The summed E-state index contributed by atoms with van der Waals surface area (Å²) in [7, 11) is 1.88. The molecule has 0 fully saturated rings. The number of likely N-dealkylation sites (N-methyl/N-ethyl adjacent to an activating group) is 1. The van der Waals surface area contributed by atoms with Crippen LogP contribution in [0, 0.1) is 13.8 Å². The molecule has 0 unspecified atom stereocenters. The fourth-order valence-corrected chi connectivity index (χ4v) is 3.79. The quantitative estimate of drug-likeness (QED) is 0.595. The van der Waals surface area contributed by atoms with Crippen LogP contribution >= 0.6 is 22.9 Å². The molecule has 1 N–H and O–H groups in total. The highest BCUT2D eigenvalue weighted by atomic mass is 35.5. The highest BCUT2D eigenvalue weighted by molar-refractivity contribution is 7.16. The second-order valence-electron chi connectivity index (χ2n) is 5.65. The molecule has 130 valence electrons. The number of nitrogens with one attached hydrogen (secondary N) is 1. The molecule has 7 heteroatoms. The van der Waals surface area contributed by atoms with Crippen LogP contribution in [-0.4, -0.2) is 41.8 Å². The number of H-pyrrole nitrogens is 1. The Labute approximate surface area is 150 Å². The van der Waals surface area contributed by atoms with E-state index in [9.17, 15) is 9.59 Å². The summed E-state index contributed by atoms with van der Waals surface area (Å²) in [6.07, 6.45) is 0. The Kier molecular flexibility index (Phi) is 6.21. The van der Waals surface area contributed by atoms with Crippen molar-refractivity contribution >= 4 is 34.7 Å². The van der Waals surface area contributed by atoms with Crippen molar-refractivity contribution < 1.29 is 14.3 Å². The van der Waals surface area contributed by atoms with Gasteiger partial charge in [0.15, 0.2) is 5.78 Å². The van der Waals surface area contributed by atoms with Crippen molar-refractivity contribution in [1.82, 2.24) is 9.88 Å². The van der Waals surface area contributed by atoms with Gasteiger partial charge >= 0.3 is 5.97 Å². The Morgan fingerprint density at radius 2 is 2.04 bits per heavy atom. The van der Waals surface area contributed by atoms with Gasteiger partial charge in [-0.05, 0) is 45.5 Å². The van der Waals surface area contributed by atoms with Crippen molar-refractivity contribution in [2.45, 2.75) is 27.3 Å². The number of carbonyl (C=O) groups excluding carboxylic acids is 2. The number of halogens is 1. The van der Waals surface area contributed by atoms with Crippen molar-refractivity contribution in [2.75, 3.05) is 20.2 Å². The number of carbonyl (C=O) groups is 2. The van der Waals surface area contributed by atoms with E-state index in [1.807, 2.05) is 24.1 Å². The molecule has 2 rings (SSSR count). The van der Waals surface area contributed by atoms with Crippen LogP contribution in [0.3, 0.4) is 0 Å². The Hall–Kier alpha value is -1.63. The van der Waals surface area contributed by atoms with E-state index in [-0.39, 0.29) is 12.3 Å². The zero-order chi connectivity index (χ0) is 17.9. The average molecular weight is 369 g/mol. The Bertz CT molecular complexity index is 751. The highest BCUT2D eigenvalue weighted by Crippen LogP contribution is 2.23. The molecule has 0 radical (unpaired) electrons. The molecule has 0 atom stereocenters. The predicted octanol–water partition coefficient (Wildman–Crippen LogP) is 3.84. The molecule has 2 heterocycles. The lowest BCUT2D eigenvalue weighted by Gasteiger charge is -2.14. The topological polar surface area (TPSA) is 62.4 Å². The summed E-state index contributed by atoms with van der Waals surface area (Å²) >= 11 is 7.43. The van der Waals surface area contributed by atoms with Gasteiger partial charge in [0, 0.05) is 17.1 Å². The molecule has 0 bridgehead atoms. The number of nitrogens with zero attached hydrogens (tertiary/aromatic N) is 1. The van der Waals surface area contributed by atoms with E-state index in [2.05, 4.69) is 4.98 Å². The molecule has 0 saturated heterocycles. The monoisotopic (exact) mass is 368 g/mol. The summed E-state index contributed by atoms with van der Waals surface area (Å²) in [4.78, 5) is 30.6. The number of aromatic amines is 1. The second kappa shape index (κ2) is 7.96. The van der Waals surface area contributed by atoms with Gasteiger partial charge in [-0.1, -0.05) is 11.6 Å². The van der Waals surface area contributed by atoms with Crippen molar-refractivity contribution in [1.29, 1.82) is 0 Å². The fourth-order valence-electron chi connectivity index (χ4n) is 2.62. The zero-order valence-corrected chi connectivity index (χ0v) is 15.8. The van der Waals surface area contributed by atoms with E-state index in [4.69, 9.17) is 16.3 Å². The largest absolute Gasteiger partial charge is 0.462 e. The van der Waals surface area contributed by atoms with Crippen LogP contribution in [0.25, 0.3) is 0 Å². The Morgan fingerprint density at radius 1 is 1.33 bits per heavy atom. The molecular weight excluding hydrogens is 348 g/mol. The van der Waals surface area contributed by atoms with Crippen LogP contribution in [0.5, 0.6) is 0 Å². The van der Waals surface area contributed by atoms with Crippen LogP contribution in [0.2, 0.25) is 4.34 Å². The first-order valence-corrected chi connectivity index (χ1v) is 8.85. The van der Waals surface area contributed by atoms with E-state index in [1.165, 1.54) is 11.3 Å². The van der Waals surface area contributed by atoms with Gasteiger partial charge in [-0.25, -0.2) is 4.79 Å². The molecule has 0 aromatic carbocycles. The summed E-state index contributed by atoms with van der Waals surface area (Å²) in [5, 5.41) is 0. The maximum Gasteiger partial charge on any atom is 0.340 e. The molecule has 5 nitrogen and oxygen atoms in total. The number of esters is 1. The highest BCUT2D eigenvalue weighted by Gasteiger charge is 2.23. The predicted molar refractivity (Wildman–Crippen MR) is 96.2 cm³/mol. The third-order valence-corrected chi connectivity index (χ3v) is 4.88. The van der Waals surface area contributed by atoms with Crippen LogP contribution in [0.15, 0.2) is 12.1 Å². The van der Waals surface area contributed by atoms with Crippen molar-refractivity contribution in [2.24, 2.45) is 0 Å². The van der Waals surface area contributed by atoms with Gasteiger partial charge in [0.2, 0.25) is 0 Å². The maximum absolute atomic E-state index is 12.6. The van der Waals surface area contributed by atoms with Crippen LogP contribution in [0.4, 0.5) is 0 Å². The van der Waals surface area contributed by atoms with E-state index < -0.39 is 5.97 Å². The maximum atomic E-state index is 12.6. The van der Waals surface area contributed by atoms with Gasteiger partial charge < -0.3 is 9.72 Å². The van der Waals surface area contributed by atoms with E-state index >= 15 is 0 Å². The van der Waals surface area contributed by atoms with E-state index in [0.717, 1.165) is 9.21 Å². The van der Waals surface area contributed by atoms with Crippen molar-refractivity contribution in [3.8, 4) is 0 Å². The third kappa shape index (κ3) is 4.26. The number of rotatable bonds is 7. The molecule has 0 saturated carbocycles. The molecule has 0 amide bonds. The first-order chi connectivity index (χ1) is 11.3. The first-order valence-electron chi connectivity index (χ1n) is 7.65. The number of thiophene rings is 1. The summed E-state index contributed by atoms with van der Waals surface area (Å²) in [6, 6.07) is 3.80. The third-order valence-electron chi connectivity index (χ3n) is 3.66. The number of aryl methyl sites for hydroxylation is 1. The SMILES string of the molecule is CCOC(=O)c1c(C)[nH]c(C(=O)CN(C)Cc2ccc(Cl)s2)c1C. The van der Waals surface area contributed by atoms with Gasteiger partial charge in [0.05, 0.1) is 28.7 Å². The fraction of sp³-hybridized carbons (Fsp3) is 0.412. The smallest absolute Gasteiger partial charge is 0.340 e. The molecule has 0 aliphatic rings. The summed E-state index contributed by atoms with van der Waals surface area (Å²) in [5.41, 5.74) is 2.21. The van der Waals surface area contributed by atoms with Gasteiger partial charge in [0.25, 0.3) is 0 Å². The summed E-state index contributed by atoms with van der Waals surface area (Å²) < 4.78 is 5.79. The lowest BCUT2D eigenvalue weighted by Crippen LogP contribution is -2.26. The molecule has 0 aliphatic carbocycles. The molecule has 0 spiro atoms. The van der Waals surface area contributed by atoms with Gasteiger partial charge in [-0.15, -0.1) is 11.3 Å². The number of Topliss-reactive ketones (excluding diaryl/α,β-unsaturated/α-hetero) is 1. The van der Waals surface area contributed by atoms with Gasteiger partial charge in [0.1, 0.15) is 0 Å². The summed E-state index contributed by atoms with van der Waals surface area (Å²) in [5.74, 6) is -0.458. The van der Waals surface area contributed by atoms with E-state index in [0.29, 0.717) is 35.7 Å². The van der Waals surface area contributed by atoms with Crippen LogP contribution in [0.1, 0.15) is 43.9 Å². The van der Waals surface area contributed by atoms with Crippen LogP contribution < -0.4 is 0 Å². The molecule has 24 heavy (non-hydrogen) atoms. The number of hydrogen-bond acceptors (Lipinski definition) is 5. The lowest BCUT2D eigenvalue weighted by molar-refractivity contribution is 0.0525.